The number of imidazole rings is 1. The zero-order valence-electron chi connectivity index (χ0n) is 11.2. The van der Waals surface area contributed by atoms with Crippen molar-refractivity contribution in [1.82, 2.24) is 20.2 Å². The number of benzene rings is 1. The fraction of sp³-hybridized carbons (Fsp3) is 0.500. The molecular formula is C14H20N4O. The van der Waals surface area contributed by atoms with Crippen molar-refractivity contribution < 1.29 is 5.11 Å². The number of aryl methyl sites for hydroxylation is 1. The minimum atomic E-state index is -0.439. The molecule has 1 aliphatic rings. The van der Waals surface area contributed by atoms with E-state index in [0.717, 1.165) is 48.6 Å². The van der Waals surface area contributed by atoms with Gasteiger partial charge in [-0.3, -0.25) is 4.90 Å². The van der Waals surface area contributed by atoms with Gasteiger partial charge in [-0.1, -0.05) is 6.07 Å². The van der Waals surface area contributed by atoms with Crippen LogP contribution < -0.4 is 5.32 Å². The number of aromatic nitrogens is 2. The highest BCUT2D eigenvalue weighted by atomic mass is 16.3. The van der Waals surface area contributed by atoms with E-state index in [1.807, 2.05) is 25.1 Å². The highest BCUT2D eigenvalue weighted by molar-refractivity contribution is 5.75. The lowest BCUT2D eigenvalue weighted by atomic mass is 10.1. The number of nitrogens with zero attached hydrogens (tertiary/aromatic N) is 2. The van der Waals surface area contributed by atoms with Gasteiger partial charge < -0.3 is 15.4 Å². The zero-order chi connectivity index (χ0) is 13.2. The van der Waals surface area contributed by atoms with Crippen molar-refractivity contribution in [3.05, 3.63) is 29.6 Å². The summed E-state index contributed by atoms with van der Waals surface area (Å²) in [6, 6.07) is 5.94. The number of aliphatic hydroxyl groups excluding tert-OH is 1. The molecule has 1 aromatic heterocycles. The molecule has 1 fully saturated rings. The standard InChI is InChI=1S/C14H20N4O/c1-10-16-12-3-2-11(8-13(12)17-10)14(19)9-18-6-4-15-5-7-18/h2-3,8,14-15,19H,4-7,9H2,1H3,(H,16,17). The first-order valence-corrected chi connectivity index (χ1v) is 6.80. The van der Waals surface area contributed by atoms with Crippen LogP contribution in [0.25, 0.3) is 11.0 Å². The summed E-state index contributed by atoms with van der Waals surface area (Å²) >= 11 is 0. The lowest BCUT2D eigenvalue weighted by molar-refractivity contribution is 0.106. The summed E-state index contributed by atoms with van der Waals surface area (Å²) < 4.78 is 0. The molecule has 5 nitrogen and oxygen atoms in total. The van der Waals surface area contributed by atoms with Gasteiger partial charge >= 0.3 is 0 Å². The second-order valence-corrected chi connectivity index (χ2v) is 5.17. The van der Waals surface area contributed by atoms with Crippen LogP contribution in [0.1, 0.15) is 17.5 Å². The van der Waals surface area contributed by atoms with E-state index in [-0.39, 0.29) is 0 Å². The van der Waals surface area contributed by atoms with Gasteiger partial charge in [-0.25, -0.2) is 4.98 Å². The Morgan fingerprint density at radius 1 is 1.37 bits per heavy atom. The van der Waals surface area contributed by atoms with Gasteiger partial charge in [0.05, 0.1) is 17.1 Å². The summed E-state index contributed by atoms with van der Waals surface area (Å²) in [6.45, 7) is 6.65. The van der Waals surface area contributed by atoms with Gasteiger partial charge in [-0.2, -0.15) is 0 Å². The number of fused-ring (bicyclic) bond motifs is 1. The minimum Gasteiger partial charge on any atom is -0.387 e. The number of nitrogens with one attached hydrogen (secondary N) is 2. The molecule has 3 N–H and O–H groups in total. The molecule has 5 heteroatoms. The first kappa shape index (κ1) is 12.6. The van der Waals surface area contributed by atoms with Crippen LogP contribution in [0, 0.1) is 6.92 Å². The third-order valence-electron chi connectivity index (χ3n) is 3.65. The van der Waals surface area contributed by atoms with Gasteiger partial charge in [0.1, 0.15) is 5.82 Å². The first-order valence-electron chi connectivity index (χ1n) is 6.80. The largest absolute Gasteiger partial charge is 0.387 e. The summed E-state index contributed by atoms with van der Waals surface area (Å²) in [6.07, 6.45) is -0.439. The lowest BCUT2D eigenvalue weighted by Crippen LogP contribution is -2.44. The molecule has 0 amide bonds. The van der Waals surface area contributed by atoms with Crippen LogP contribution in [-0.4, -0.2) is 52.7 Å². The van der Waals surface area contributed by atoms with Crippen LogP contribution in [0.3, 0.4) is 0 Å². The Hall–Kier alpha value is -1.43. The van der Waals surface area contributed by atoms with Gasteiger partial charge in [0.2, 0.25) is 0 Å². The fourth-order valence-corrected chi connectivity index (χ4v) is 2.61. The van der Waals surface area contributed by atoms with Crippen molar-refractivity contribution >= 4 is 11.0 Å². The molecule has 1 unspecified atom stereocenters. The fourth-order valence-electron chi connectivity index (χ4n) is 2.61. The van der Waals surface area contributed by atoms with Crippen molar-refractivity contribution in [3.8, 4) is 0 Å². The number of piperazine rings is 1. The Morgan fingerprint density at radius 2 is 2.16 bits per heavy atom. The topological polar surface area (TPSA) is 64.2 Å². The molecule has 19 heavy (non-hydrogen) atoms. The lowest BCUT2D eigenvalue weighted by Gasteiger charge is -2.29. The molecule has 0 aliphatic carbocycles. The molecule has 0 saturated carbocycles. The van der Waals surface area contributed by atoms with Crippen LogP contribution in [0.2, 0.25) is 0 Å². The van der Waals surface area contributed by atoms with Gasteiger partial charge in [0.15, 0.2) is 0 Å². The maximum atomic E-state index is 10.3. The van der Waals surface area contributed by atoms with E-state index < -0.39 is 6.10 Å². The van der Waals surface area contributed by atoms with Crippen molar-refractivity contribution in [1.29, 1.82) is 0 Å². The van der Waals surface area contributed by atoms with Crippen LogP contribution in [0.15, 0.2) is 18.2 Å². The zero-order valence-corrected chi connectivity index (χ0v) is 11.2. The summed E-state index contributed by atoms with van der Waals surface area (Å²) in [7, 11) is 0. The molecule has 0 bridgehead atoms. The third kappa shape index (κ3) is 2.78. The monoisotopic (exact) mass is 260 g/mol. The smallest absolute Gasteiger partial charge is 0.104 e. The third-order valence-corrected chi connectivity index (χ3v) is 3.65. The van der Waals surface area contributed by atoms with E-state index in [9.17, 15) is 5.11 Å². The maximum absolute atomic E-state index is 10.3. The average Bonchev–Trinajstić information content (AvgIpc) is 2.78. The molecule has 2 aromatic rings. The Balaban J connectivity index is 1.74. The molecule has 0 spiro atoms. The van der Waals surface area contributed by atoms with E-state index in [2.05, 4.69) is 20.2 Å². The van der Waals surface area contributed by atoms with Crippen molar-refractivity contribution in [2.45, 2.75) is 13.0 Å². The van der Waals surface area contributed by atoms with E-state index in [1.54, 1.807) is 0 Å². The molecular weight excluding hydrogens is 240 g/mol. The molecule has 0 radical (unpaired) electrons. The van der Waals surface area contributed by atoms with Gasteiger partial charge in [-0.15, -0.1) is 0 Å². The van der Waals surface area contributed by atoms with E-state index in [1.165, 1.54) is 0 Å². The predicted molar refractivity (Wildman–Crippen MR) is 75.1 cm³/mol. The highest BCUT2D eigenvalue weighted by Gasteiger charge is 2.16. The van der Waals surface area contributed by atoms with Gasteiger partial charge in [-0.05, 0) is 24.6 Å². The number of β-amino-alcohol motifs (C(OH)–C–C–N with tert-alkyl or cyclic N) is 1. The van der Waals surface area contributed by atoms with Crippen molar-refractivity contribution in [2.24, 2.45) is 0 Å². The molecule has 3 rings (SSSR count). The summed E-state index contributed by atoms with van der Waals surface area (Å²) in [5.41, 5.74) is 2.90. The predicted octanol–water partition coefficient (Wildman–Crippen LogP) is 0.810. The van der Waals surface area contributed by atoms with Crippen LogP contribution in [-0.2, 0) is 0 Å². The van der Waals surface area contributed by atoms with Crippen LogP contribution >= 0.6 is 0 Å². The average molecular weight is 260 g/mol. The van der Waals surface area contributed by atoms with E-state index in [4.69, 9.17) is 0 Å². The molecule has 2 heterocycles. The van der Waals surface area contributed by atoms with Gasteiger partial charge in [0.25, 0.3) is 0 Å². The van der Waals surface area contributed by atoms with Gasteiger partial charge in [0, 0.05) is 32.7 Å². The number of aromatic amines is 1. The van der Waals surface area contributed by atoms with Crippen LogP contribution in [0.4, 0.5) is 0 Å². The second-order valence-electron chi connectivity index (χ2n) is 5.17. The molecule has 1 atom stereocenters. The van der Waals surface area contributed by atoms with Crippen LogP contribution in [0.5, 0.6) is 0 Å². The number of rotatable bonds is 3. The number of hydrogen-bond donors (Lipinski definition) is 3. The summed E-state index contributed by atoms with van der Waals surface area (Å²) in [5.74, 6) is 0.906. The Bertz CT molecular complexity index is 560. The second kappa shape index (κ2) is 5.28. The minimum absolute atomic E-state index is 0.439. The number of aliphatic hydroxyl groups is 1. The Kier molecular flexibility index (Phi) is 3.50. The highest BCUT2D eigenvalue weighted by Crippen LogP contribution is 2.20. The quantitative estimate of drug-likeness (QED) is 0.764. The van der Waals surface area contributed by atoms with E-state index in [0.29, 0.717) is 6.54 Å². The molecule has 1 aromatic carbocycles. The summed E-state index contributed by atoms with van der Waals surface area (Å²) in [4.78, 5) is 9.88. The normalized spacial score (nSPS) is 18.8. The first-order chi connectivity index (χ1) is 9.22. The van der Waals surface area contributed by atoms with Crippen molar-refractivity contribution in [3.63, 3.8) is 0 Å². The molecule has 1 saturated heterocycles. The Morgan fingerprint density at radius 3 is 2.95 bits per heavy atom. The van der Waals surface area contributed by atoms with Crippen molar-refractivity contribution in [2.75, 3.05) is 32.7 Å². The number of H-pyrrole nitrogens is 1. The number of hydrogen-bond acceptors (Lipinski definition) is 4. The molecule has 1 aliphatic heterocycles. The summed E-state index contributed by atoms with van der Waals surface area (Å²) in [5, 5.41) is 13.7. The Labute approximate surface area is 112 Å². The maximum Gasteiger partial charge on any atom is 0.104 e. The van der Waals surface area contributed by atoms with E-state index >= 15 is 0 Å². The SMILES string of the molecule is Cc1nc2ccc(C(O)CN3CCNCC3)cc2[nH]1. The molecule has 102 valence electrons.